The first-order chi connectivity index (χ1) is 8.40. The minimum absolute atomic E-state index is 0.541. The summed E-state index contributed by atoms with van der Waals surface area (Å²) >= 11 is 0. The predicted octanol–water partition coefficient (Wildman–Crippen LogP) is 0.866. The van der Waals surface area contributed by atoms with Crippen LogP contribution in [0.1, 0.15) is 25.7 Å². The molecule has 2 rings (SSSR count). The number of hydrogen-bond acceptors (Lipinski definition) is 4. The fourth-order valence-electron chi connectivity index (χ4n) is 2.80. The fraction of sp³-hybridized carbons (Fsp3) is 1.00. The van der Waals surface area contributed by atoms with Gasteiger partial charge in [0.15, 0.2) is 0 Å². The molecule has 0 amide bonds. The van der Waals surface area contributed by atoms with Crippen LogP contribution in [0.15, 0.2) is 0 Å². The molecule has 1 N–H and O–H groups in total. The second-order valence-electron chi connectivity index (χ2n) is 5.10. The zero-order valence-electron chi connectivity index (χ0n) is 11.0. The van der Waals surface area contributed by atoms with Crippen molar-refractivity contribution in [2.75, 3.05) is 46.5 Å². The molecule has 2 saturated heterocycles. The molecule has 17 heavy (non-hydrogen) atoms. The Hall–Kier alpha value is -0.160. The standard InChI is InChI=1S/C13H26N2O2/c1-14-10-12-11-16-9-7-15(12)6-2-4-13-5-3-8-17-13/h12-14H,2-11H2,1H3. The van der Waals surface area contributed by atoms with Crippen LogP contribution in [-0.4, -0.2) is 63.5 Å². The normalized spacial score (nSPS) is 30.9. The zero-order chi connectivity index (χ0) is 11.9. The number of nitrogens with one attached hydrogen (secondary N) is 1. The molecule has 0 aromatic carbocycles. The maximum atomic E-state index is 5.66. The Kier molecular flexibility index (Phi) is 5.71. The summed E-state index contributed by atoms with van der Waals surface area (Å²) in [5.74, 6) is 0. The molecule has 0 aliphatic carbocycles. The molecule has 2 aliphatic heterocycles. The average molecular weight is 242 g/mol. The summed E-state index contributed by atoms with van der Waals surface area (Å²) in [6.07, 6.45) is 5.54. The SMILES string of the molecule is CNCC1COCCN1CCCC1CCCO1. The lowest BCUT2D eigenvalue weighted by Crippen LogP contribution is -2.50. The summed E-state index contributed by atoms with van der Waals surface area (Å²) in [4.78, 5) is 2.56. The number of rotatable bonds is 6. The molecular formula is C13H26N2O2. The van der Waals surface area contributed by atoms with Crippen molar-refractivity contribution in [1.29, 1.82) is 0 Å². The fourth-order valence-corrected chi connectivity index (χ4v) is 2.80. The Bertz CT molecular complexity index is 206. The molecule has 0 radical (unpaired) electrons. The van der Waals surface area contributed by atoms with Crippen LogP contribution in [0, 0.1) is 0 Å². The van der Waals surface area contributed by atoms with Crippen molar-refractivity contribution in [2.24, 2.45) is 0 Å². The summed E-state index contributed by atoms with van der Waals surface area (Å²) in [5.41, 5.74) is 0. The van der Waals surface area contributed by atoms with Crippen LogP contribution in [0.5, 0.6) is 0 Å². The van der Waals surface area contributed by atoms with Crippen LogP contribution in [0.2, 0.25) is 0 Å². The number of ether oxygens (including phenoxy) is 2. The van der Waals surface area contributed by atoms with Gasteiger partial charge in [-0.25, -0.2) is 0 Å². The van der Waals surface area contributed by atoms with E-state index in [1.165, 1.54) is 32.2 Å². The third-order valence-corrected chi connectivity index (χ3v) is 3.78. The van der Waals surface area contributed by atoms with E-state index in [1.54, 1.807) is 0 Å². The first-order valence-electron chi connectivity index (χ1n) is 6.98. The van der Waals surface area contributed by atoms with Crippen LogP contribution in [0.3, 0.4) is 0 Å². The summed E-state index contributed by atoms with van der Waals surface area (Å²) in [5, 5.41) is 3.25. The van der Waals surface area contributed by atoms with Gasteiger partial charge < -0.3 is 14.8 Å². The van der Waals surface area contributed by atoms with E-state index in [-0.39, 0.29) is 0 Å². The van der Waals surface area contributed by atoms with Gasteiger partial charge in [-0.15, -0.1) is 0 Å². The molecule has 4 heteroatoms. The van der Waals surface area contributed by atoms with E-state index in [0.717, 1.165) is 32.9 Å². The highest BCUT2D eigenvalue weighted by Gasteiger charge is 2.22. The third-order valence-electron chi connectivity index (χ3n) is 3.78. The molecule has 2 heterocycles. The van der Waals surface area contributed by atoms with Gasteiger partial charge in [-0.2, -0.15) is 0 Å². The number of nitrogens with zero attached hydrogens (tertiary/aromatic N) is 1. The average Bonchev–Trinajstić information content (AvgIpc) is 2.85. The quantitative estimate of drug-likeness (QED) is 0.749. The van der Waals surface area contributed by atoms with Crippen LogP contribution >= 0.6 is 0 Å². The molecular weight excluding hydrogens is 216 g/mol. The van der Waals surface area contributed by atoms with Crippen molar-refractivity contribution in [2.45, 2.75) is 37.8 Å². The van der Waals surface area contributed by atoms with Gasteiger partial charge in [0.05, 0.1) is 19.3 Å². The summed E-state index contributed by atoms with van der Waals surface area (Å²) in [6, 6.07) is 0.554. The topological polar surface area (TPSA) is 33.7 Å². The lowest BCUT2D eigenvalue weighted by atomic mass is 10.1. The Morgan fingerprint density at radius 2 is 2.29 bits per heavy atom. The maximum Gasteiger partial charge on any atom is 0.0634 e. The number of morpholine rings is 1. The zero-order valence-corrected chi connectivity index (χ0v) is 11.0. The van der Waals surface area contributed by atoms with Crippen molar-refractivity contribution in [1.82, 2.24) is 10.2 Å². The number of likely N-dealkylation sites (N-methyl/N-ethyl adjacent to an activating group) is 1. The van der Waals surface area contributed by atoms with Crippen molar-refractivity contribution >= 4 is 0 Å². The molecule has 2 unspecified atom stereocenters. The Labute approximate surface area is 105 Å². The lowest BCUT2D eigenvalue weighted by molar-refractivity contribution is -0.00855. The predicted molar refractivity (Wildman–Crippen MR) is 68.3 cm³/mol. The van der Waals surface area contributed by atoms with E-state index in [4.69, 9.17) is 9.47 Å². The van der Waals surface area contributed by atoms with Crippen LogP contribution in [0.4, 0.5) is 0 Å². The molecule has 0 bridgehead atoms. The summed E-state index contributed by atoms with van der Waals surface area (Å²) in [6.45, 7) is 6.04. The third kappa shape index (κ3) is 4.21. The van der Waals surface area contributed by atoms with Crippen molar-refractivity contribution in [3.8, 4) is 0 Å². The Morgan fingerprint density at radius 3 is 3.06 bits per heavy atom. The van der Waals surface area contributed by atoms with Gasteiger partial charge in [0.25, 0.3) is 0 Å². The maximum absolute atomic E-state index is 5.66. The smallest absolute Gasteiger partial charge is 0.0634 e. The molecule has 0 saturated carbocycles. The van der Waals surface area contributed by atoms with Gasteiger partial charge in [-0.05, 0) is 39.3 Å². The monoisotopic (exact) mass is 242 g/mol. The molecule has 0 aromatic rings. The molecule has 0 aromatic heterocycles. The van der Waals surface area contributed by atoms with E-state index in [2.05, 4.69) is 10.2 Å². The van der Waals surface area contributed by atoms with Crippen molar-refractivity contribution in [3.05, 3.63) is 0 Å². The van der Waals surface area contributed by atoms with Crippen molar-refractivity contribution < 1.29 is 9.47 Å². The molecule has 0 spiro atoms. The minimum atomic E-state index is 0.541. The first kappa shape index (κ1) is 13.3. The largest absolute Gasteiger partial charge is 0.378 e. The molecule has 4 nitrogen and oxygen atoms in total. The van der Waals surface area contributed by atoms with Gasteiger partial charge in [0, 0.05) is 25.7 Å². The van der Waals surface area contributed by atoms with Crippen LogP contribution in [-0.2, 0) is 9.47 Å². The van der Waals surface area contributed by atoms with Gasteiger partial charge >= 0.3 is 0 Å². The lowest BCUT2D eigenvalue weighted by Gasteiger charge is -2.35. The highest BCUT2D eigenvalue weighted by atomic mass is 16.5. The van der Waals surface area contributed by atoms with E-state index < -0.39 is 0 Å². The second kappa shape index (κ2) is 7.31. The molecule has 100 valence electrons. The first-order valence-corrected chi connectivity index (χ1v) is 6.98. The van der Waals surface area contributed by atoms with Gasteiger partial charge in [-0.3, -0.25) is 4.90 Å². The highest BCUT2D eigenvalue weighted by molar-refractivity contribution is 4.77. The van der Waals surface area contributed by atoms with E-state index in [9.17, 15) is 0 Å². The second-order valence-corrected chi connectivity index (χ2v) is 5.10. The van der Waals surface area contributed by atoms with Gasteiger partial charge in [0.2, 0.25) is 0 Å². The van der Waals surface area contributed by atoms with Gasteiger partial charge in [0.1, 0.15) is 0 Å². The Balaban J connectivity index is 1.64. The Morgan fingerprint density at radius 1 is 1.35 bits per heavy atom. The summed E-state index contributed by atoms with van der Waals surface area (Å²) in [7, 11) is 2.01. The number of hydrogen-bond donors (Lipinski definition) is 1. The summed E-state index contributed by atoms with van der Waals surface area (Å²) < 4.78 is 11.2. The molecule has 2 fully saturated rings. The highest BCUT2D eigenvalue weighted by Crippen LogP contribution is 2.17. The van der Waals surface area contributed by atoms with Gasteiger partial charge in [-0.1, -0.05) is 0 Å². The van der Waals surface area contributed by atoms with Crippen molar-refractivity contribution in [3.63, 3.8) is 0 Å². The molecule has 2 aliphatic rings. The van der Waals surface area contributed by atoms with E-state index in [0.29, 0.717) is 12.1 Å². The van der Waals surface area contributed by atoms with E-state index in [1.807, 2.05) is 7.05 Å². The van der Waals surface area contributed by atoms with E-state index >= 15 is 0 Å². The minimum Gasteiger partial charge on any atom is -0.378 e. The molecule has 2 atom stereocenters. The van der Waals surface area contributed by atoms with Crippen LogP contribution < -0.4 is 5.32 Å². The van der Waals surface area contributed by atoms with Crippen LogP contribution in [0.25, 0.3) is 0 Å².